The van der Waals surface area contributed by atoms with Crippen LogP contribution in [0, 0.1) is 0 Å². The molecule has 2 rings (SSSR count). The zero-order chi connectivity index (χ0) is 13.0. The zero-order valence-electron chi connectivity index (χ0n) is 9.43. The van der Waals surface area contributed by atoms with E-state index in [9.17, 15) is 0 Å². The smallest absolute Gasteiger partial charge is 0.159 e. The minimum Gasteiger partial charge on any atom is -0.389 e. The molecule has 0 atom stereocenters. The fourth-order valence-corrected chi connectivity index (χ4v) is 1.88. The Morgan fingerprint density at radius 3 is 2.67 bits per heavy atom. The molecule has 1 aromatic heterocycles. The fraction of sp³-hybridized carbons (Fsp3) is 0.0833. The highest BCUT2D eigenvalue weighted by Crippen LogP contribution is 2.14. The van der Waals surface area contributed by atoms with Crippen LogP contribution < -0.4 is 11.1 Å². The van der Waals surface area contributed by atoms with Crippen molar-refractivity contribution in [3.8, 4) is 0 Å². The van der Waals surface area contributed by atoms with E-state index in [2.05, 4.69) is 31.4 Å². The number of hydrogen-bond donors (Lipinski definition) is 2. The topological polar surface area (TPSA) is 63.8 Å². The number of nitrogens with zero attached hydrogens (tertiary/aromatic N) is 2. The van der Waals surface area contributed by atoms with Crippen LogP contribution in [0.25, 0.3) is 0 Å². The summed E-state index contributed by atoms with van der Waals surface area (Å²) in [5.74, 6) is 0.605. The van der Waals surface area contributed by atoms with E-state index in [1.165, 1.54) is 0 Å². The van der Waals surface area contributed by atoms with Crippen LogP contribution in [0.4, 0.5) is 5.82 Å². The summed E-state index contributed by atoms with van der Waals surface area (Å²) < 4.78 is 1.05. The molecule has 0 radical (unpaired) electrons. The molecule has 0 saturated carbocycles. The molecule has 0 saturated heterocycles. The molecule has 92 valence electrons. The third kappa shape index (κ3) is 3.24. The van der Waals surface area contributed by atoms with Crippen molar-refractivity contribution in [2.75, 3.05) is 5.32 Å². The fourth-order valence-electron chi connectivity index (χ4n) is 1.45. The third-order valence-corrected chi connectivity index (χ3v) is 3.11. The second kappa shape index (κ2) is 5.88. The van der Waals surface area contributed by atoms with Gasteiger partial charge in [-0.1, -0.05) is 40.3 Å². The molecular formula is C12H11BrN4S. The summed E-state index contributed by atoms with van der Waals surface area (Å²) in [4.78, 5) is 0.309. The van der Waals surface area contributed by atoms with Gasteiger partial charge in [-0.3, -0.25) is 0 Å². The van der Waals surface area contributed by atoms with Gasteiger partial charge < -0.3 is 11.1 Å². The maximum absolute atomic E-state index is 5.62. The van der Waals surface area contributed by atoms with Crippen molar-refractivity contribution in [1.82, 2.24) is 10.2 Å². The summed E-state index contributed by atoms with van der Waals surface area (Å²) in [6, 6.07) is 9.77. The summed E-state index contributed by atoms with van der Waals surface area (Å²) in [5, 5.41) is 11.0. The molecule has 0 aliphatic carbocycles. The minimum atomic E-state index is 0.309. The van der Waals surface area contributed by atoms with Gasteiger partial charge in [0.15, 0.2) is 5.82 Å². The normalized spacial score (nSPS) is 10.1. The van der Waals surface area contributed by atoms with Gasteiger partial charge >= 0.3 is 0 Å². The third-order valence-electron chi connectivity index (χ3n) is 2.36. The predicted molar refractivity (Wildman–Crippen MR) is 79.4 cm³/mol. The molecule has 0 aliphatic heterocycles. The van der Waals surface area contributed by atoms with Gasteiger partial charge in [0.2, 0.25) is 0 Å². The Labute approximate surface area is 119 Å². The Kier molecular flexibility index (Phi) is 4.22. The molecule has 1 aromatic carbocycles. The molecule has 0 fully saturated rings. The van der Waals surface area contributed by atoms with Crippen LogP contribution in [0.5, 0.6) is 0 Å². The van der Waals surface area contributed by atoms with Crippen molar-refractivity contribution < 1.29 is 0 Å². The van der Waals surface area contributed by atoms with Gasteiger partial charge in [-0.25, -0.2) is 0 Å². The Balaban J connectivity index is 2.10. The highest BCUT2D eigenvalue weighted by molar-refractivity contribution is 9.10. The van der Waals surface area contributed by atoms with Gasteiger partial charge in [0.05, 0.1) is 11.8 Å². The number of rotatable bonds is 4. The van der Waals surface area contributed by atoms with Gasteiger partial charge in [0.1, 0.15) is 4.99 Å². The quantitative estimate of drug-likeness (QED) is 0.847. The molecule has 3 N–H and O–H groups in total. The van der Waals surface area contributed by atoms with E-state index in [4.69, 9.17) is 18.0 Å². The molecule has 0 spiro atoms. The van der Waals surface area contributed by atoms with Crippen LogP contribution >= 0.6 is 28.1 Å². The molecular weight excluding hydrogens is 312 g/mol. The molecule has 0 unspecified atom stereocenters. The second-order valence-corrected chi connectivity index (χ2v) is 4.99. The number of nitrogens with one attached hydrogen (secondary N) is 1. The summed E-state index contributed by atoms with van der Waals surface area (Å²) in [6.45, 7) is 0.640. The average Bonchev–Trinajstić information content (AvgIpc) is 2.38. The van der Waals surface area contributed by atoms with E-state index >= 15 is 0 Å². The molecule has 0 bridgehead atoms. The maximum Gasteiger partial charge on any atom is 0.159 e. The first kappa shape index (κ1) is 12.9. The predicted octanol–water partition coefficient (Wildman–Crippen LogP) is 2.49. The van der Waals surface area contributed by atoms with Crippen molar-refractivity contribution in [2.45, 2.75) is 6.54 Å². The Morgan fingerprint density at radius 1 is 1.28 bits per heavy atom. The summed E-state index contributed by atoms with van der Waals surface area (Å²) in [5.41, 5.74) is 7.46. The molecule has 18 heavy (non-hydrogen) atoms. The van der Waals surface area contributed by atoms with E-state index in [1.54, 1.807) is 12.3 Å². The van der Waals surface area contributed by atoms with Crippen molar-refractivity contribution in [3.63, 3.8) is 0 Å². The van der Waals surface area contributed by atoms with E-state index in [-0.39, 0.29) is 0 Å². The SMILES string of the molecule is NC(=S)c1ccnnc1NCc1ccc(Br)cc1. The largest absolute Gasteiger partial charge is 0.389 e. The van der Waals surface area contributed by atoms with Gasteiger partial charge in [-0.15, -0.1) is 5.10 Å². The molecule has 6 heteroatoms. The zero-order valence-corrected chi connectivity index (χ0v) is 11.8. The lowest BCUT2D eigenvalue weighted by Gasteiger charge is -2.08. The molecule has 2 aromatic rings. The molecule has 4 nitrogen and oxygen atoms in total. The van der Waals surface area contributed by atoms with Crippen LogP contribution in [-0.4, -0.2) is 15.2 Å². The van der Waals surface area contributed by atoms with E-state index < -0.39 is 0 Å². The number of thiocarbonyl (C=S) groups is 1. The number of hydrogen-bond acceptors (Lipinski definition) is 4. The van der Waals surface area contributed by atoms with E-state index in [1.807, 2.05) is 24.3 Å². The number of aromatic nitrogens is 2. The van der Waals surface area contributed by atoms with Crippen molar-refractivity contribution in [3.05, 3.63) is 52.1 Å². The Morgan fingerprint density at radius 2 is 2.00 bits per heavy atom. The maximum atomic E-state index is 5.62. The summed E-state index contributed by atoms with van der Waals surface area (Å²) >= 11 is 8.36. The van der Waals surface area contributed by atoms with Gasteiger partial charge in [-0.05, 0) is 23.8 Å². The lowest BCUT2D eigenvalue weighted by atomic mass is 10.2. The standard InChI is InChI=1S/C12H11BrN4S/c13-9-3-1-8(2-4-9)7-15-12-10(11(14)18)5-6-16-17-12/h1-6H,7H2,(H2,14,18)(H,15,17). The van der Waals surface area contributed by atoms with Gasteiger partial charge in [0.25, 0.3) is 0 Å². The van der Waals surface area contributed by atoms with E-state index in [0.717, 1.165) is 10.0 Å². The number of nitrogens with two attached hydrogens (primary N) is 1. The first-order valence-corrected chi connectivity index (χ1v) is 6.47. The van der Waals surface area contributed by atoms with Crippen molar-refractivity contribution in [2.24, 2.45) is 5.73 Å². The first-order chi connectivity index (χ1) is 8.66. The van der Waals surface area contributed by atoms with Crippen LogP contribution in [0.1, 0.15) is 11.1 Å². The highest BCUT2D eigenvalue weighted by atomic mass is 79.9. The number of anilines is 1. The summed E-state index contributed by atoms with van der Waals surface area (Å²) in [6.07, 6.45) is 1.57. The Bertz CT molecular complexity index is 556. The van der Waals surface area contributed by atoms with E-state index in [0.29, 0.717) is 22.9 Å². The van der Waals surface area contributed by atoms with Crippen LogP contribution in [-0.2, 0) is 6.54 Å². The van der Waals surface area contributed by atoms with Crippen LogP contribution in [0.15, 0.2) is 41.0 Å². The lowest BCUT2D eigenvalue weighted by molar-refractivity contribution is 0.996. The number of benzene rings is 1. The van der Waals surface area contributed by atoms with Crippen LogP contribution in [0.3, 0.4) is 0 Å². The molecule has 0 amide bonds. The molecule has 0 aliphatic rings. The monoisotopic (exact) mass is 322 g/mol. The minimum absolute atomic E-state index is 0.309. The summed E-state index contributed by atoms with van der Waals surface area (Å²) in [7, 11) is 0. The van der Waals surface area contributed by atoms with Crippen molar-refractivity contribution >= 4 is 39.0 Å². The average molecular weight is 323 g/mol. The van der Waals surface area contributed by atoms with Gasteiger partial charge in [-0.2, -0.15) is 5.10 Å². The lowest BCUT2D eigenvalue weighted by Crippen LogP contribution is -2.14. The van der Waals surface area contributed by atoms with Crippen molar-refractivity contribution in [1.29, 1.82) is 0 Å². The molecule has 1 heterocycles. The van der Waals surface area contributed by atoms with Crippen LogP contribution in [0.2, 0.25) is 0 Å². The van der Waals surface area contributed by atoms with Gasteiger partial charge in [0, 0.05) is 11.0 Å². The first-order valence-electron chi connectivity index (χ1n) is 5.26. The number of halogens is 1. The highest BCUT2D eigenvalue weighted by Gasteiger charge is 2.06. The Hall–Kier alpha value is -1.53. The second-order valence-electron chi connectivity index (χ2n) is 3.64.